The number of thioether (sulfide) groups is 1. The number of hydrogen-bond donors (Lipinski definition) is 1. The molecule has 0 radical (unpaired) electrons. The van der Waals surface area contributed by atoms with Crippen LogP contribution >= 0.6 is 11.8 Å². The van der Waals surface area contributed by atoms with Crippen molar-refractivity contribution < 1.29 is 9.90 Å². The van der Waals surface area contributed by atoms with Crippen molar-refractivity contribution in [1.29, 1.82) is 0 Å². The normalized spacial score (nSPS) is 11.2. The molecule has 2 rings (SSSR count). The molecule has 0 aliphatic carbocycles. The molecule has 7 nitrogen and oxygen atoms in total. The Labute approximate surface area is 115 Å². The Morgan fingerprint density at radius 2 is 2.16 bits per heavy atom. The Morgan fingerprint density at radius 3 is 2.68 bits per heavy atom. The molecule has 0 unspecified atom stereocenters. The molecule has 2 aromatic heterocycles. The number of fused-ring (bicyclic) bond motifs is 1. The molecule has 0 fully saturated rings. The van der Waals surface area contributed by atoms with Crippen LogP contribution in [0.25, 0.3) is 11.2 Å². The lowest BCUT2D eigenvalue weighted by atomic mass is 10.4. The van der Waals surface area contributed by atoms with Gasteiger partial charge < -0.3 is 10.1 Å². The van der Waals surface area contributed by atoms with Gasteiger partial charge in [0.05, 0.1) is 11.4 Å². The van der Waals surface area contributed by atoms with Gasteiger partial charge in [-0.2, -0.15) is 5.10 Å². The third-order valence-electron chi connectivity index (χ3n) is 2.68. The molecule has 1 N–H and O–H groups in total. The molecular formula is C11H17N5O2S. The standard InChI is InChI=1S/C11H17N5O2S/c1-5-15-10-9(7(2)13-15)12-11(16(10)14(3)4)19-6-8(17)18/h5-6H2,1-4H3,(H,17,18). The van der Waals surface area contributed by atoms with Crippen LogP contribution in [0.4, 0.5) is 0 Å². The fraction of sp³-hybridized carbons (Fsp3) is 0.545. The highest BCUT2D eigenvalue weighted by Crippen LogP contribution is 2.25. The fourth-order valence-corrected chi connectivity index (χ4v) is 2.72. The summed E-state index contributed by atoms with van der Waals surface area (Å²) in [5, 5.41) is 15.8. The van der Waals surface area contributed by atoms with Gasteiger partial charge in [-0.05, 0) is 13.8 Å². The minimum atomic E-state index is -0.851. The molecule has 0 saturated heterocycles. The summed E-state index contributed by atoms with van der Waals surface area (Å²) in [5.74, 6) is -0.859. The second-order valence-electron chi connectivity index (χ2n) is 4.31. The van der Waals surface area contributed by atoms with E-state index in [-0.39, 0.29) is 5.75 Å². The predicted molar refractivity (Wildman–Crippen MR) is 74.4 cm³/mol. The number of nitrogens with zero attached hydrogens (tertiary/aromatic N) is 5. The Hall–Kier alpha value is -1.70. The lowest BCUT2D eigenvalue weighted by molar-refractivity contribution is -0.133. The molecule has 0 aliphatic heterocycles. The van der Waals surface area contributed by atoms with Gasteiger partial charge in [0.15, 0.2) is 10.8 Å². The second kappa shape index (κ2) is 5.12. The highest BCUT2D eigenvalue weighted by molar-refractivity contribution is 7.99. The van der Waals surface area contributed by atoms with Crippen LogP contribution in [0.1, 0.15) is 12.6 Å². The first-order valence-corrected chi connectivity index (χ1v) is 6.92. The van der Waals surface area contributed by atoms with Crippen LogP contribution in [0, 0.1) is 6.92 Å². The molecule has 2 aromatic rings. The van der Waals surface area contributed by atoms with Crippen LogP contribution in [-0.2, 0) is 11.3 Å². The van der Waals surface area contributed by atoms with E-state index in [9.17, 15) is 4.79 Å². The van der Waals surface area contributed by atoms with Gasteiger partial charge in [-0.1, -0.05) is 11.8 Å². The van der Waals surface area contributed by atoms with Crippen molar-refractivity contribution in [1.82, 2.24) is 19.4 Å². The molecule has 0 bridgehead atoms. The van der Waals surface area contributed by atoms with Gasteiger partial charge in [0, 0.05) is 20.6 Å². The third kappa shape index (κ3) is 2.40. The van der Waals surface area contributed by atoms with Crippen LogP contribution in [-0.4, -0.2) is 50.4 Å². The highest BCUT2D eigenvalue weighted by Gasteiger charge is 2.20. The SMILES string of the molecule is CCn1nc(C)c2nc(SCC(=O)O)n(N(C)C)c21. The van der Waals surface area contributed by atoms with Gasteiger partial charge in [-0.3, -0.25) is 4.79 Å². The highest BCUT2D eigenvalue weighted by atomic mass is 32.2. The molecule has 0 saturated carbocycles. The fourth-order valence-electron chi connectivity index (χ4n) is 1.93. The summed E-state index contributed by atoms with van der Waals surface area (Å²) in [5.41, 5.74) is 2.58. The predicted octanol–water partition coefficient (Wildman–Crippen LogP) is 0.935. The van der Waals surface area contributed by atoms with Crippen molar-refractivity contribution in [2.75, 3.05) is 24.9 Å². The number of aryl methyl sites for hydroxylation is 2. The van der Waals surface area contributed by atoms with Crippen LogP contribution in [0.15, 0.2) is 5.16 Å². The zero-order valence-corrected chi connectivity index (χ0v) is 12.2. The summed E-state index contributed by atoms with van der Waals surface area (Å²) < 4.78 is 3.77. The number of imidazole rings is 1. The molecule has 0 aliphatic rings. The number of carboxylic acids is 1. The van der Waals surface area contributed by atoms with Crippen molar-refractivity contribution >= 4 is 28.9 Å². The zero-order valence-electron chi connectivity index (χ0n) is 11.4. The maximum Gasteiger partial charge on any atom is 0.313 e. The van der Waals surface area contributed by atoms with Gasteiger partial charge in [0.25, 0.3) is 0 Å². The number of aromatic nitrogens is 4. The average Bonchev–Trinajstić information content (AvgIpc) is 2.84. The maximum absolute atomic E-state index is 10.7. The van der Waals surface area contributed by atoms with E-state index in [4.69, 9.17) is 5.11 Å². The molecule has 8 heteroatoms. The average molecular weight is 283 g/mol. The van der Waals surface area contributed by atoms with E-state index in [1.165, 1.54) is 11.8 Å². The summed E-state index contributed by atoms with van der Waals surface area (Å²) in [6, 6.07) is 0. The first kappa shape index (κ1) is 13.7. The summed E-state index contributed by atoms with van der Waals surface area (Å²) in [4.78, 5) is 15.2. The van der Waals surface area contributed by atoms with E-state index in [0.717, 1.165) is 23.4 Å². The quantitative estimate of drug-likeness (QED) is 0.823. The zero-order chi connectivity index (χ0) is 14.2. The molecule has 104 valence electrons. The lowest BCUT2D eigenvalue weighted by Gasteiger charge is -2.17. The number of aliphatic carboxylic acids is 1. The number of rotatable bonds is 5. The first-order chi connectivity index (χ1) is 8.95. The number of carbonyl (C=O) groups is 1. The topological polar surface area (TPSA) is 76.2 Å². The van der Waals surface area contributed by atoms with Gasteiger partial charge in [-0.15, -0.1) is 0 Å². The molecule has 19 heavy (non-hydrogen) atoms. The minimum absolute atomic E-state index is 0.00789. The number of hydrogen-bond acceptors (Lipinski definition) is 5. The summed E-state index contributed by atoms with van der Waals surface area (Å²) in [6.07, 6.45) is 0. The Kier molecular flexibility index (Phi) is 3.70. The minimum Gasteiger partial charge on any atom is -0.481 e. The molecule has 0 aromatic carbocycles. The molecular weight excluding hydrogens is 266 g/mol. The largest absolute Gasteiger partial charge is 0.481 e. The monoisotopic (exact) mass is 283 g/mol. The van der Waals surface area contributed by atoms with Crippen LogP contribution in [0.3, 0.4) is 0 Å². The van der Waals surface area contributed by atoms with Crippen molar-refractivity contribution in [3.63, 3.8) is 0 Å². The van der Waals surface area contributed by atoms with E-state index >= 15 is 0 Å². The van der Waals surface area contributed by atoms with Gasteiger partial charge in [0.2, 0.25) is 0 Å². The Morgan fingerprint density at radius 1 is 1.47 bits per heavy atom. The van der Waals surface area contributed by atoms with Crippen LogP contribution in [0.2, 0.25) is 0 Å². The van der Waals surface area contributed by atoms with E-state index in [1.54, 1.807) is 0 Å². The van der Waals surface area contributed by atoms with Crippen molar-refractivity contribution in [2.45, 2.75) is 25.5 Å². The van der Waals surface area contributed by atoms with Crippen LogP contribution in [0.5, 0.6) is 0 Å². The van der Waals surface area contributed by atoms with Crippen molar-refractivity contribution in [3.05, 3.63) is 5.69 Å². The van der Waals surface area contributed by atoms with Gasteiger partial charge >= 0.3 is 5.97 Å². The molecule has 2 heterocycles. The molecule has 0 atom stereocenters. The van der Waals surface area contributed by atoms with E-state index in [0.29, 0.717) is 5.16 Å². The van der Waals surface area contributed by atoms with Crippen molar-refractivity contribution in [2.24, 2.45) is 0 Å². The first-order valence-electron chi connectivity index (χ1n) is 5.93. The van der Waals surface area contributed by atoms with Crippen molar-refractivity contribution in [3.8, 4) is 0 Å². The Bertz CT molecular complexity index is 616. The van der Waals surface area contributed by atoms with E-state index in [1.807, 2.05) is 42.3 Å². The Balaban J connectivity index is 2.57. The number of carboxylic acid groups (broad SMARTS) is 1. The summed E-state index contributed by atoms with van der Waals surface area (Å²) in [6.45, 7) is 4.67. The summed E-state index contributed by atoms with van der Waals surface area (Å²) in [7, 11) is 3.79. The smallest absolute Gasteiger partial charge is 0.313 e. The third-order valence-corrected chi connectivity index (χ3v) is 3.60. The molecule has 0 spiro atoms. The van der Waals surface area contributed by atoms with Crippen LogP contribution < -0.4 is 5.01 Å². The van der Waals surface area contributed by atoms with E-state index in [2.05, 4.69) is 10.1 Å². The molecule has 0 amide bonds. The maximum atomic E-state index is 10.7. The van der Waals surface area contributed by atoms with Gasteiger partial charge in [-0.25, -0.2) is 14.3 Å². The summed E-state index contributed by atoms with van der Waals surface area (Å²) >= 11 is 1.21. The lowest BCUT2D eigenvalue weighted by Crippen LogP contribution is -2.27. The van der Waals surface area contributed by atoms with E-state index < -0.39 is 5.97 Å². The van der Waals surface area contributed by atoms with Gasteiger partial charge in [0.1, 0.15) is 5.52 Å². The second-order valence-corrected chi connectivity index (χ2v) is 5.25.